The summed E-state index contributed by atoms with van der Waals surface area (Å²) in [5.41, 5.74) is 1.80. The Balaban J connectivity index is 2.79. The van der Waals surface area contributed by atoms with Gasteiger partial charge in [-0.2, -0.15) is 0 Å². The average Bonchev–Trinajstić information content (AvgIpc) is 2.53. The molecule has 0 unspecified atom stereocenters. The normalized spacial score (nSPS) is 13.6. The molecule has 0 atom stereocenters. The molecule has 0 N–H and O–H groups in total. The first kappa shape index (κ1) is 11.7. The van der Waals surface area contributed by atoms with Crippen molar-refractivity contribution in [1.29, 1.82) is 0 Å². The maximum Gasteiger partial charge on any atom is 0.0522 e. The van der Waals surface area contributed by atoms with Crippen molar-refractivity contribution >= 4 is 21.4 Å². The number of nitrogens with zero attached hydrogens (tertiary/aromatic N) is 1. The zero-order valence-corrected chi connectivity index (χ0v) is 11.9. The standard InChI is InChI=1S/C14H21NS/c1-13(2,3)12-10-7-8-16-11(10)9-15(12)14(4,5)6/h7-9H,1-6H3. The van der Waals surface area contributed by atoms with Gasteiger partial charge < -0.3 is 4.57 Å². The van der Waals surface area contributed by atoms with Crippen LogP contribution in [0.3, 0.4) is 0 Å². The summed E-state index contributed by atoms with van der Waals surface area (Å²) in [5, 5.41) is 3.61. The Morgan fingerprint density at radius 3 is 2.19 bits per heavy atom. The molecule has 1 nitrogen and oxygen atoms in total. The number of fused-ring (bicyclic) bond motifs is 1. The molecule has 0 saturated heterocycles. The van der Waals surface area contributed by atoms with E-state index < -0.39 is 0 Å². The molecule has 0 fully saturated rings. The van der Waals surface area contributed by atoms with Crippen molar-refractivity contribution in [3.63, 3.8) is 0 Å². The lowest BCUT2D eigenvalue weighted by Gasteiger charge is -2.30. The molecule has 0 amide bonds. The van der Waals surface area contributed by atoms with Crippen LogP contribution in [0.5, 0.6) is 0 Å². The number of rotatable bonds is 0. The minimum Gasteiger partial charge on any atom is -0.344 e. The predicted octanol–water partition coefficient (Wildman–Crippen LogP) is 4.76. The maximum atomic E-state index is 2.44. The van der Waals surface area contributed by atoms with Gasteiger partial charge in [0.05, 0.1) is 4.70 Å². The van der Waals surface area contributed by atoms with Crippen molar-refractivity contribution in [2.24, 2.45) is 0 Å². The second kappa shape index (κ2) is 3.36. The van der Waals surface area contributed by atoms with E-state index in [2.05, 4.69) is 63.8 Å². The number of aromatic nitrogens is 1. The van der Waals surface area contributed by atoms with Crippen LogP contribution in [0, 0.1) is 0 Å². The lowest BCUT2D eigenvalue weighted by Crippen LogP contribution is -2.28. The second-order valence-corrected chi connectivity index (χ2v) is 7.41. The molecule has 0 aliphatic carbocycles. The highest BCUT2D eigenvalue weighted by Gasteiger charge is 2.27. The van der Waals surface area contributed by atoms with Crippen LogP contribution in [0.2, 0.25) is 0 Å². The Hall–Kier alpha value is -0.760. The zero-order valence-electron chi connectivity index (χ0n) is 11.1. The largest absolute Gasteiger partial charge is 0.344 e. The molecule has 0 spiro atoms. The molecule has 0 aliphatic rings. The van der Waals surface area contributed by atoms with Crippen LogP contribution in [-0.2, 0) is 11.0 Å². The third-order valence-electron chi connectivity index (χ3n) is 2.87. The van der Waals surface area contributed by atoms with Crippen molar-refractivity contribution in [1.82, 2.24) is 4.57 Å². The van der Waals surface area contributed by atoms with E-state index in [-0.39, 0.29) is 11.0 Å². The van der Waals surface area contributed by atoms with Gasteiger partial charge in [0.2, 0.25) is 0 Å². The van der Waals surface area contributed by atoms with E-state index in [1.54, 1.807) is 0 Å². The highest BCUT2D eigenvalue weighted by molar-refractivity contribution is 7.17. The van der Waals surface area contributed by atoms with Crippen molar-refractivity contribution in [2.45, 2.75) is 52.5 Å². The lowest BCUT2D eigenvalue weighted by molar-refractivity contribution is 0.363. The number of hydrogen-bond acceptors (Lipinski definition) is 1. The van der Waals surface area contributed by atoms with Crippen LogP contribution in [0.4, 0.5) is 0 Å². The highest BCUT2D eigenvalue weighted by Crippen LogP contribution is 2.37. The lowest BCUT2D eigenvalue weighted by atomic mass is 9.89. The monoisotopic (exact) mass is 235 g/mol. The minimum atomic E-state index is 0.154. The third kappa shape index (κ3) is 1.80. The first-order chi connectivity index (χ1) is 7.21. The Kier molecular flexibility index (Phi) is 2.46. The van der Waals surface area contributed by atoms with E-state index in [0.717, 1.165) is 0 Å². The number of thiophene rings is 1. The number of hydrogen-bond donors (Lipinski definition) is 0. The summed E-state index contributed by atoms with van der Waals surface area (Å²) in [6, 6.07) is 2.25. The molecule has 2 aromatic rings. The smallest absolute Gasteiger partial charge is 0.0522 e. The van der Waals surface area contributed by atoms with Crippen molar-refractivity contribution in [2.75, 3.05) is 0 Å². The maximum absolute atomic E-state index is 2.44. The van der Waals surface area contributed by atoms with Gasteiger partial charge in [-0.25, -0.2) is 0 Å². The Bertz CT molecular complexity index is 503. The molecular weight excluding hydrogens is 214 g/mol. The van der Waals surface area contributed by atoms with Gasteiger partial charge in [0.1, 0.15) is 0 Å². The van der Waals surface area contributed by atoms with Crippen LogP contribution >= 0.6 is 11.3 Å². The van der Waals surface area contributed by atoms with Gasteiger partial charge in [0.15, 0.2) is 0 Å². The molecule has 2 heterocycles. The van der Waals surface area contributed by atoms with E-state index >= 15 is 0 Å². The van der Waals surface area contributed by atoms with Gasteiger partial charge >= 0.3 is 0 Å². The van der Waals surface area contributed by atoms with Crippen molar-refractivity contribution in [3.05, 3.63) is 23.3 Å². The molecule has 2 heteroatoms. The van der Waals surface area contributed by atoms with E-state index in [9.17, 15) is 0 Å². The van der Waals surface area contributed by atoms with Gasteiger partial charge in [-0.3, -0.25) is 0 Å². The fourth-order valence-corrected chi connectivity index (χ4v) is 3.03. The summed E-state index contributed by atoms with van der Waals surface area (Å²) in [6.45, 7) is 13.7. The highest BCUT2D eigenvalue weighted by atomic mass is 32.1. The van der Waals surface area contributed by atoms with Crippen LogP contribution in [0.15, 0.2) is 17.6 Å². The van der Waals surface area contributed by atoms with Crippen molar-refractivity contribution in [3.8, 4) is 0 Å². The quantitative estimate of drug-likeness (QED) is 0.620. The SMILES string of the molecule is CC(C)(C)c1c2ccsc2cn1C(C)(C)C. The second-order valence-electron chi connectivity index (χ2n) is 6.47. The topological polar surface area (TPSA) is 4.93 Å². The summed E-state index contributed by atoms with van der Waals surface area (Å²) in [7, 11) is 0. The molecule has 88 valence electrons. The average molecular weight is 235 g/mol. The summed E-state index contributed by atoms with van der Waals surface area (Å²) < 4.78 is 3.84. The van der Waals surface area contributed by atoms with E-state index in [1.165, 1.54) is 15.8 Å². The fraction of sp³-hybridized carbons (Fsp3) is 0.571. The van der Waals surface area contributed by atoms with Gasteiger partial charge in [-0.1, -0.05) is 20.8 Å². The van der Waals surface area contributed by atoms with Gasteiger partial charge in [0.25, 0.3) is 0 Å². The molecule has 0 aliphatic heterocycles. The Labute approximate surface area is 102 Å². The van der Waals surface area contributed by atoms with Crippen LogP contribution in [0.25, 0.3) is 10.1 Å². The zero-order chi connectivity index (χ0) is 12.1. The van der Waals surface area contributed by atoms with E-state index in [1.807, 2.05) is 11.3 Å². The van der Waals surface area contributed by atoms with E-state index in [0.29, 0.717) is 0 Å². The molecule has 0 saturated carbocycles. The molecule has 0 aromatic carbocycles. The van der Waals surface area contributed by atoms with Crippen molar-refractivity contribution < 1.29 is 0 Å². The fourth-order valence-electron chi connectivity index (χ4n) is 2.22. The van der Waals surface area contributed by atoms with Crippen LogP contribution in [-0.4, -0.2) is 4.57 Å². The summed E-state index contributed by atoms with van der Waals surface area (Å²) in [5.74, 6) is 0. The molecule has 0 radical (unpaired) electrons. The molecule has 2 aromatic heterocycles. The first-order valence-electron chi connectivity index (χ1n) is 5.81. The van der Waals surface area contributed by atoms with Gasteiger partial charge in [-0.05, 0) is 32.2 Å². The summed E-state index contributed by atoms with van der Waals surface area (Å²) in [4.78, 5) is 0. The molecule has 16 heavy (non-hydrogen) atoms. The Morgan fingerprint density at radius 1 is 1.06 bits per heavy atom. The Morgan fingerprint density at radius 2 is 1.69 bits per heavy atom. The molecule has 2 rings (SSSR count). The van der Waals surface area contributed by atoms with Crippen LogP contribution in [0.1, 0.15) is 47.2 Å². The van der Waals surface area contributed by atoms with Crippen LogP contribution < -0.4 is 0 Å². The van der Waals surface area contributed by atoms with Gasteiger partial charge in [-0.15, -0.1) is 11.3 Å². The molecule has 0 bridgehead atoms. The predicted molar refractivity (Wildman–Crippen MR) is 73.5 cm³/mol. The van der Waals surface area contributed by atoms with Gasteiger partial charge in [0, 0.05) is 28.2 Å². The first-order valence-corrected chi connectivity index (χ1v) is 6.69. The summed E-state index contributed by atoms with van der Waals surface area (Å²) in [6.07, 6.45) is 2.31. The molecular formula is C14H21NS. The summed E-state index contributed by atoms with van der Waals surface area (Å²) >= 11 is 1.83. The minimum absolute atomic E-state index is 0.154. The third-order valence-corrected chi connectivity index (χ3v) is 3.72. The van der Waals surface area contributed by atoms with E-state index in [4.69, 9.17) is 0 Å².